The summed E-state index contributed by atoms with van der Waals surface area (Å²) in [4.78, 5) is 1.22. The van der Waals surface area contributed by atoms with Gasteiger partial charge >= 0.3 is 0 Å². The second-order valence-corrected chi connectivity index (χ2v) is 9.79. The number of methoxy groups -OCH3 is 1. The zero-order chi connectivity index (χ0) is 21.9. The van der Waals surface area contributed by atoms with Crippen molar-refractivity contribution in [3.8, 4) is 0 Å². The van der Waals surface area contributed by atoms with E-state index >= 15 is 0 Å². The number of hydrogen-bond acceptors (Lipinski definition) is 6. The molecule has 0 bridgehead atoms. The second kappa shape index (κ2) is 13.6. The third-order valence-electron chi connectivity index (χ3n) is 5.76. The van der Waals surface area contributed by atoms with Crippen molar-refractivity contribution in [1.82, 2.24) is 0 Å². The van der Waals surface area contributed by atoms with Crippen LogP contribution < -0.4 is 0 Å². The Bertz CT molecular complexity index is 662. The van der Waals surface area contributed by atoms with Gasteiger partial charge in [-0.1, -0.05) is 35.9 Å². The Kier molecular flexibility index (Phi) is 11.6. The molecule has 0 aliphatic heterocycles. The monoisotopic (exact) mass is 458 g/mol. The number of hydrogen-bond donors (Lipinski definition) is 4. The number of aryl methyl sites for hydroxylation is 1. The molecule has 2 rings (SSSR count). The van der Waals surface area contributed by atoms with Crippen LogP contribution >= 0.6 is 22.9 Å². The Morgan fingerprint density at radius 1 is 1.23 bits per heavy atom. The molecule has 0 unspecified atom stereocenters. The van der Waals surface area contributed by atoms with Gasteiger partial charge in [0.05, 0.1) is 35.4 Å². The third kappa shape index (κ3) is 8.42. The van der Waals surface area contributed by atoms with Gasteiger partial charge in [-0.3, -0.25) is 0 Å². The molecule has 1 heterocycles. The molecule has 0 amide bonds. The van der Waals surface area contributed by atoms with Crippen LogP contribution in [0.4, 0.5) is 0 Å². The highest BCUT2D eigenvalue weighted by molar-refractivity contribution is 7.16. The summed E-state index contributed by atoms with van der Waals surface area (Å²) in [5, 5.41) is 39.0. The highest BCUT2D eigenvalue weighted by Crippen LogP contribution is 2.36. The van der Waals surface area contributed by atoms with E-state index in [0.717, 1.165) is 30.0 Å². The first-order valence-corrected chi connectivity index (χ1v) is 11.9. The Morgan fingerprint density at radius 2 is 2.03 bits per heavy atom. The molecule has 7 heteroatoms. The van der Waals surface area contributed by atoms with Gasteiger partial charge in [0.25, 0.3) is 0 Å². The Morgan fingerprint density at radius 3 is 2.70 bits per heavy atom. The number of unbranched alkanes of at least 4 members (excludes halogenated alkanes) is 1. The Labute approximate surface area is 188 Å². The van der Waals surface area contributed by atoms with Crippen molar-refractivity contribution in [2.45, 2.75) is 69.4 Å². The summed E-state index contributed by atoms with van der Waals surface area (Å²) < 4.78 is 6.37. The molecule has 1 aliphatic rings. The molecule has 0 spiro atoms. The van der Waals surface area contributed by atoms with Crippen LogP contribution in [0.5, 0.6) is 0 Å². The van der Waals surface area contributed by atoms with E-state index in [1.54, 1.807) is 18.4 Å². The third-order valence-corrected chi connectivity index (χ3v) is 7.06. The van der Waals surface area contributed by atoms with E-state index in [2.05, 4.69) is 0 Å². The highest BCUT2D eigenvalue weighted by atomic mass is 35.5. The standard InChI is InChI=1S/C23H35ClO5S/c1-29-17(8-10-18-11-13-23(24)30-18)9-12-20-19(21(27)14-22(20)28)7-5-3-2-4-6-16(26)15-25/h3,5,9,11-13,16-17,19-22,25-28H,2,4,6-8,10,14-15H2,1H3/t16-,17+,19-,20-,21+,22-/m1/s1. The molecule has 0 radical (unpaired) electrons. The van der Waals surface area contributed by atoms with Gasteiger partial charge in [0, 0.05) is 24.3 Å². The van der Waals surface area contributed by atoms with E-state index in [0.29, 0.717) is 19.3 Å². The maximum Gasteiger partial charge on any atom is 0.0931 e. The first kappa shape index (κ1) is 25.5. The molecular weight excluding hydrogens is 424 g/mol. The van der Waals surface area contributed by atoms with E-state index in [-0.39, 0.29) is 24.5 Å². The van der Waals surface area contributed by atoms with Gasteiger partial charge in [-0.25, -0.2) is 0 Å². The van der Waals surface area contributed by atoms with E-state index in [9.17, 15) is 15.3 Å². The normalized spacial score (nSPS) is 26.7. The van der Waals surface area contributed by atoms with Crippen molar-refractivity contribution in [2.75, 3.05) is 13.7 Å². The summed E-state index contributed by atoms with van der Waals surface area (Å²) in [6.07, 6.45) is 11.3. The number of ether oxygens (including phenoxy) is 1. The number of allylic oxidation sites excluding steroid dienone is 2. The number of rotatable bonds is 13. The molecule has 0 saturated heterocycles. The summed E-state index contributed by atoms with van der Waals surface area (Å²) in [5.41, 5.74) is 0. The van der Waals surface area contributed by atoms with Gasteiger partial charge in [-0.05, 0) is 56.6 Å². The zero-order valence-corrected chi connectivity index (χ0v) is 19.1. The summed E-state index contributed by atoms with van der Waals surface area (Å²) in [6.45, 7) is -0.201. The van der Waals surface area contributed by atoms with Gasteiger partial charge in [0.2, 0.25) is 0 Å². The van der Waals surface area contributed by atoms with Crippen molar-refractivity contribution in [1.29, 1.82) is 0 Å². The van der Waals surface area contributed by atoms with E-state index < -0.39 is 18.3 Å². The summed E-state index contributed by atoms with van der Waals surface area (Å²) in [5.74, 6) is -0.126. The van der Waals surface area contributed by atoms with Crippen molar-refractivity contribution in [2.24, 2.45) is 11.8 Å². The number of aliphatic hydroxyl groups is 4. The molecule has 6 atom stereocenters. The predicted molar refractivity (Wildman–Crippen MR) is 122 cm³/mol. The van der Waals surface area contributed by atoms with E-state index in [1.807, 2.05) is 36.4 Å². The van der Waals surface area contributed by atoms with E-state index in [4.69, 9.17) is 21.4 Å². The number of thiophene rings is 1. The molecule has 30 heavy (non-hydrogen) atoms. The average molecular weight is 459 g/mol. The fourth-order valence-corrected chi connectivity index (χ4v) is 5.06. The van der Waals surface area contributed by atoms with Gasteiger partial charge < -0.3 is 25.2 Å². The van der Waals surface area contributed by atoms with Crippen LogP contribution in [0.15, 0.2) is 36.4 Å². The largest absolute Gasteiger partial charge is 0.394 e. The Hall–Kier alpha value is -0.730. The van der Waals surface area contributed by atoms with Crippen molar-refractivity contribution < 1.29 is 25.2 Å². The van der Waals surface area contributed by atoms with Crippen LogP contribution in [0.1, 0.15) is 43.4 Å². The van der Waals surface area contributed by atoms with Crippen LogP contribution in [0, 0.1) is 11.8 Å². The second-order valence-electron chi connectivity index (χ2n) is 7.99. The molecule has 5 nitrogen and oxygen atoms in total. The molecule has 1 aromatic rings. The molecule has 0 aromatic carbocycles. The van der Waals surface area contributed by atoms with Crippen LogP contribution in [0.25, 0.3) is 0 Å². The smallest absolute Gasteiger partial charge is 0.0931 e. The number of aliphatic hydroxyl groups excluding tert-OH is 4. The van der Waals surface area contributed by atoms with Gasteiger partial charge in [-0.15, -0.1) is 11.3 Å². The van der Waals surface area contributed by atoms with Crippen LogP contribution in [0.3, 0.4) is 0 Å². The summed E-state index contributed by atoms with van der Waals surface area (Å²) in [7, 11) is 1.68. The lowest BCUT2D eigenvalue weighted by molar-refractivity contribution is 0.0868. The van der Waals surface area contributed by atoms with Crippen LogP contribution in [0.2, 0.25) is 4.34 Å². The van der Waals surface area contributed by atoms with Crippen molar-refractivity contribution >= 4 is 22.9 Å². The van der Waals surface area contributed by atoms with Gasteiger partial charge in [0.15, 0.2) is 0 Å². The predicted octanol–water partition coefficient (Wildman–Crippen LogP) is 3.73. The minimum atomic E-state index is -0.648. The van der Waals surface area contributed by atoms with Gasteiger partial charge in [0.1, 0.15) is 0 Å². The first-order valence-electron chi connectivity index (χ1n) is 10.7. The lowest BCUT2D eigenvalue weighted by Gasteiger charge is -2.20. The maximum atomic E-state index is 10.4. The van der Waals surface area contributed by atoms with Crippen molar-refractivity contribution in [3.63, 3.8) is 0 Å². The summed E-state index contributed by atoms with van der Waals surface area (Å²) in [6, 6.07) is 3.94. The minimum absolute atomic E-state index is 0.0239. The van der Waals surface area contributed by atoms with Crippen LogP contribution in [-0.2, 0) is 11.2 Å². The fourth-order valence-electron chi connectivity index (χ4n) is 3.96. The Balaban J connectivity index is 1.84. The van der Waals surface area contributed by atoms with Crippen molar-refractivity contribution in [3.05, 3.63) is 45.7 Å². The highest BCUT2D eigenvalue weighted by Gasteiger charge is 2.39. The van der Waals surface area contributed by atoms with E-state index in [1.165, 1.54) is 4.88 Å². The van der Waals surface area contributed by atoms with Crippen LogP contribution in [-0.4, -0.2) is 58.6 Å². The molecule has 1 aromatic heterocycles. The SMILES string of the molecule is CO[C@H](C=C[C@@H]1[C@@H](CC=CCCC[C@@H](O)CO)[C@@H](O)C[C@H]1O)CCc1ccc(Cl)s1. The quantitative estimate of drug-likeness (QED) is 0.267. The molecule has 170 valence electrons. The topological polar surface area (TPSA) is 90.2 Å². The molecule has 1 aliphatic carbocycles. The zero-order valence-electron chi connectivity index (χ0n) is 17.6. The van der Waals surface area contributed by atoms with Gasteiger partial charge in [-0.2, -0.15) is 0 Å². The fraction of sp³-hybridized carbons (Fsp3) is 0.652. The number of halogens is 1. The molecular formula is C23H35ClO5S. The lowest BCUT2D eigenvalue weighted by atomic mass is 9.89. The summed E-state index contributed by atoms with van der Waals surface area (Å²) >= 11 is 7.57. The average Bonchev–Trinajstić information content (AvgIpc) is 3.26. The maximum absolute atomic E-state index is 10.4. The lowest BCUT2D eigenvalue weighted by Crippen LogP contribution is -2.20. The minimum Gasteiger partial charge on any atom is -0.394 e. The molecule has 1 saturated carbocycles. The first-order chi connectivity index (χ1) is 14.4. The molecule has 1 fully saturated rings. The molecule has 4 N–H and O–H groups in total.